The van der Waals surface area contributed by atoms with E-state index in [-0.39, 0.29) is 10.9 Å². The number of urea groups is 1. The summed E-state index contributed by atoms with van der Waals surface area (Å²) in [5.74, 6) is 0. The van der Waals surface area contributed by atoms with Gasteiger partial charge in [-0.1, -0.05) is 0 Å². The summed E-state index contributed by atoms with van der Waals surface area (Å²) in [6.45, 7) is 3.56. The molecule has 0 fully saturated rings. The van der Waals surface area contributed by atoms with Crippen LogP contribution in [-0.4, -0.2) is 33.4 Å². The molecule has 100 valence electrons. The molecule has 18 heavy (non-hydrogen) atoms. The van der Waals surface area contributed by atoms with Crippen molar-refractivity contribution in [2.75, 3.05) is 19.4 Å². The number of primary sulfonamides is 1. The first-order valence-corrected chi connectivity index (χ1v) is 6.80. The van der Waals surface area contributed by atoms with Crippen molar-refractivity contribution >= 4 is 21.7 Å². The zero-order valence-electron chi connectivity index (χ0n) is 10.8. The lowest BCUT2D eigenvalue weighted by Gasteiger charge is -2.16. The van der Waals surface area contributed by atoms with Gasteiger partial charge < -0.3 is 10.2 Å². The van der Waals surface area contributed by atoms with Gasteiger partial charge in [-0.25, -0.2) is 18.4 Å². The number of rotatable bonds is 2. The Morgan fingerprint density at radius 1 is 1.28 bits per heavy atom. The minimum atomic E-state index is -3.79. The molecular formula is C11H17N3O3S. The van der Waals surface area contributed by atoms with Gasteiger partial charge in [-0.15, -0.1) is 0 Å². The first-order valence-electron chi connectivity index (χ1n) is 5.25. The molecule has 0 aromatic heterocycles. The largest absolute Gasteiger partial charge is 0.331 e. The highest BCUT2D eigenvalue weighted by atomic mass is 32.2. The molecule has 0 saturated carbocycles. The van der Waals surface area contributed by atoms with Crippen molar-refractivity contribution in [2.24, 2.45) is 5.14 Å². The summed E-state index contributed by atoms with van der Waals surface area (Å²) in [6, 6.07) is 2.51. The number of aryl methyl sites for hydroxylation is 1. The molecule has 0 spiro atoms. The van der Waals surface area contributed by atoms with Gasteiger partial charge in [-0.2, -0.15) is 0 Å². The Morgan fingerprint density at radius 2 is 1.83 bits per heavy atom. The number of nitrogens with one attached hydrogen (secondary N) is 1. The molecule has 0 radical (unpaired) electrons. The van der Waals surface area contributed by atoms with Gasteiger partial charge in [0.05, 0.1) is 4.90 Å². The van der Waals surface area contributed by atoms with Crippen molar-refractivity contribution in [3.63, 3.8) is 0 Å². The van der Waals surface area contributed by atoms with E-state index in [0.717, 1.165) is 11.1 Å². The third-order valence-electron chi connectivity index (χ3n) is 2.62. The zero-order valence-corrected chi connectivity index (χ0v) is 11.6. The van der Waals surface area contributed by atoms with Gasteiger partial charge >= 0.3 is 6.03 Å². The number of nitrogens with zero attached hydrogens (tertiary/aromatic N) is 1. The van der Waals surface area contributed by atoms with Crippen LogP contribution in [0.15, 0.2) is 17.0 Å². The number of anilines is 1. The van der Waals surface area contributed by atoms with Gasteiger partial charge in [0, 0.05) is 19.8 Å². The number of nitrogens with two attached hydrogens (primary N) is 1. The molecule has 0 aliphatic heterocycles. The van der Waals surface area contributed by atoms with Crippen LogP contribution in [-0.2, 0) is 10.0 Å². The van der Waals surface area contributed by atoms with Gasteiger partial charge in [0.2, 0.25) is 10.0 Å². The lowest BCUT2D eigenvalue weighted by molar-refractivity contribution is 0.230. The minimum Gasteiger partial charge on any atom is -0.331 e. The highest BCUT2D eigenvalue weighted by molar-refractivity contribution is 7.89. The number of carbonyl (C=O) groups is 1. The van der Waals surface area contributed by atoms with E-state index in [1.54, 1.807) is 27.9 Å². The van der Waals surface area contributed by atoms with Crippen molar-refractivity contribution < 1.29 is 13.2 Å². The highest BCUT2D eigenvalue weighted by Crippen LogP contribution is 2.23. The normalized spacial score (nSPS) is 11.2. The third kappa shape index (κ3) is 3.21. The lowest BCUT2D eigenvalue weighted by Crippen LogP contribution is -2.28. The van der Waals surface area contributed by atoms with E-state index < -0.39 is 10.0 Å². The summed E-state index contributed by atoms with van der Waals surface area (Å²) >= 11 is 0. The molecule has 1 rings (SSSR count). The highest BCUT2D eigenvalue weighted by Gasteiger charge is 2.14. The van der Waals surface area contributed by atoms with Crippen molar-refractivity contribution in [3.8, 4) is 0 Å². The number of benzene rings is 1. The number of carbonyl (C=O) groups excluding carboxylic acids is 1. The Kier molecular flexibility index (Phi) is 3.98. The third-order valence-corrected chi connectivity index (χ3v) is 3.51. The van der Waals surface area contributed by atoms with Crippen LogP contribution >= 0.6 is 0 Å². The maximum Gasteiger partial charge on any atom is 0.321 e. The van der Waals surface area contributed by atoms with Gasteiger partial charge in [0.25, 0.3) is 0 Å². The average Bonchev–Trinajstić information content (AvgIpc) is 2.22. The molecule has 0 aliphatic carbocycles. The number of hydrogen-bond acceptors (Lipinski definition) is 3. The first-order chi connectivity index (χ1) is 8.12. The fourth-order valence-corrected chi connectivity index (χ4v) is 1.97. The summed E-state index contributed by atoms with van der Waals surface area (Å²) in [5, 5.41) is 7.71. The molecule has 0 heterocycles. The molecule has 0 atom stereocenters. The van der Waals surface area contributed by atoms with Gasteiger partial charge in [-0.05, 0) is 37.1 Å². The number of hydrogen-bond donors (Lipinski definition) is 2. The summed E-state index contributed by atoms with van der Waals surface area (Å²) in [5.41, 5.74) is 1.99. The second kappa shape index (κ2) is 4.95. The van der Waals surface area contributed by atoms with Gasteiger partial charge in [-0.3, -0.25) is 0 Å². The van der Waals surface area contributed by atoms with E-state index in [1.165, 1.54) is 17.0 Å². The molecule has 0 bridgehead atoms. The SMILES string of the molecule is Cc1cc(S(N)(=O)=O)cc(NC(=O)N(C)C)c1C. The summed E-state index contributed by atoms with van der Waals surface area (Å²) in [7, 11) is -0.589. The second-order valence-electron chi connectivity index (χ2n) is 4.28. The maximum atomic E-state index is 11.6. The Morgan fingerprint density at radius 3 is 2.28 bits per heavy atom. The molecule has 1 aromatic carbocycles. The van der Waals surface area contributed by atoms with E-state index in [4.69, 9.17) is 5.14 Å². The molecular weight excluding hydrogens is 254 g/mol. The van der Waals surface area contributed by atoms with Crippen molar-refractivity contribution in [3.05, 3.63) is 23.3 Å². The van der Waals surface area contributed by atoms with Crippen LogP contribution < -0.4 is 10.5 Å². The standard InChI is InChI=1S/C11H17N3O3S/c1-7-5-9(18(12,16)17)6-10(8(7)2)13-11(15)14(3)4/h5-6H,1-4H3,(H,13,15)(H2,12,16,17). The fraction of sp³-hybridized carbons (Fsp3) is 0.364. The van der Waals surface area contributed by atoms with Crippen LogP contribution in [0.2, 0.25) is 0 Å². The van der Waals surface area contributed by atoms with Crippen molar-refractivity contribution in [2.45, 2.75) is 18.7 Å². The monoisotopic (exact) mass is 271 g/mol. The molecule has 2 amide bonds. The van der Waals surface area contributed by atoms with Crippen LogP contribution in [0.1, 0.15) is 11.1 Å². The van der Waals surface area contributed by atoms with Gasteiger partial charge in [0.15, 0.2) is 0 Å². The Balaban J connectivity index is 3.28. The molecule has 0 saturated heterocycles. The van der Waals surface area contributed by atoms with E-state index >= 15 is 0 Å². The zero-order chi connectivity index (χ0) is 14.1. The van der Waals surface area contributed by atoms with Crippen molar-refractivity contribution in [1.29, 1.82) is 0 Å². The number of amides is 2. The molecule has 1 aromatic rings. The first kappa shape index (κ1) is 14.5. The van der Waals surface area contributed by atoms with E-state index in [9.17, 15) is 13.2 Å². The minimum absolute atomic E-state index is 0.0142. The Labute approximate surface area is 107 Å². The van der Waals surface area contributed by atoms with Crippen LogP contribution in [0.25, 0.3) is 0 Å². The number of sulfonamides is 1. The topological polar surface area (TPSA) is 92.5 Å². The quantitative estimate of drug-likeness (QED) is 0.841. The van der Waals surface area contributed by atoms with Gasteiger partial charge in [0.1, 0.15) is 0 Å². The smallest absolute Gasteiger partial charge is 0.321 e. The van der Waals surface area contributed by atoms with Crippen LogP contribution in [0.5, 0.6) is 0 Å². The van der Waals surface area contributed by atoms with Crippen LogP contribution in [0.3, 0.4) is 0 Å². The second-order valence-corrected chi connectivity index (χ2v) is 5.84. The van der Waals surface area contributed by atoms with E-state index in [0.29, 0.717) is 5.69 Å². The molecule has 0 unspecified atom stereocenters. The molecule has 6 nitrogen and oxygen atoms in total. The summed E-state index contributed by atoms with van der Waals surface area (Å²) < 4.78 is 22.6. The fourth-order valence-electron chi connectivity index (χ4n) is 1.35. The lowest BCUT2D eigenvalue weighted by atomic mass is 10.1. The van der Waals surface area contributed by atoms with Crippen LogP contribution in [0.4, 0.5) is 10.5 Å². The van der Waals surface area contributed by atoms with Crippen LogP contribution in [0, 0.1) is 13.8 Å². The molecule has 0 aliphatic rings. The van der Waals surface area contributed by atoms with Crippen molar-refractivity contribution in [1.82, 2.24) is 4.90 Å². The Bertz CT molecular complexity index is 579. The predicted octanol–water partition coefficient (Wildman–Crippen LogP) is 1.04. The average molecular weight is 271 g/mol. The van der Waals surface area contributed by atoms with E-state index in [1.807, 2.05) is 0 Å². The summed E-state index contributed by atoms with van der Waals surface area (Å²) in [4.78, 5) is 12.9. The predicted molar refractivity (Wildman–Crippen MR) is 70.0 cm³/mol. The maximum absolute atomic E-state index is 11.6. The Hall–Kier alpha value is -1.60. The molecule has 7 heteroatoms. The molecule has 3 N–H and O–H groups in total. The summed E-state index contributed by atoms with van der Waals surface area (Å²) in [6.07, 6.45) is 0. The van der Waals surface area contributed by atoms with E-state index in [2.05, 4.69) is 5.32 Å².